The van der Waals surface area contributed by atoms with Crippen LogP contribution in [-0.4, -0.2) is 50.2 Å². The molecule has 0 aromatic heterocycles. The molecule has 30 heavy (non-hydrogen) atoms. The Morgan fingerprint density at radius 3 is 2.37 bits per heavy atom. The molecule has 0 spiro atoms. The minimum Gasteiger partial charge on any atom is -0.496 e. The van der Waals surface area contributed by atoms with Crippen LogP contribution in [0.2, 0.25) is 0 Å². The van der Waals surface area contributed by atoms with Gasteiger partial charge in [0.25, 0.3) is 0 Å². The average Bonchev–Trinajstić information content (AvgIpc) is 2.64. The van der Waals surface area contributed by atoms with Crippen LogP contribution in [0.5, 0.6) is 5.75 Å². The zero-order valence-electron chi connectivity index (χ0n) is 17.4. The topological polar surface area (TPSA) is 113 Å². The van der Waals surface area contributed by atoms with Crippen LogP contribution in [0.1, 0.15) is 25.0 Å². The number of ether oxygens (including phenoxy) is 1. The Hall–Kier alpha value is -3.07. The summed E-state index contributed by atoms with van der Waals surface area (Å²) in [6.07, 6.45) is 0.894. The van der Waals surface area contributed by atoms with Crippen molar-refractivity contribution in [1.29, 1.82) is 0 Å². The molecular weight excluding hydrogens is 408 g/mol. The highest BCUT2D eigenvalue weighted by molar-refractivity contribution is 7.92. The first-order chi connectivity index (χ1) is 14.0. The van der Waals surface area contributed by atoms with Gasteiger partial charge in [-0.1, -0.05) is 12.1 Å². The Morgan fingerprint density at radius 1 is 1.13 bits per heavy atom. The number of benzene rings is 2. The number of carboxylic acid groups (broad SMARTS) is 1. The van der Waals surface area contributed by atoms with Crippen molar-refractivity contribution in [1.82, 2.24) is 4.90 Å². The highest BCUT2D eigenvalue weighted by atomic mass is 32.2. The van der Waals surface area contributed by atoms with Gasteiger partial charge in [-0.15, -0.1) is 0 Å². The molecule has 0 aliphatic carbocycles. The highest BCUT2D eigenvalue weighted by Crippen LogP contribution is 2.36. The van der Waals surface area contributed by atoms with E-state index in [-0.39, 0.29) is 12.3 Å². The molecule has 0 unspecified atom stereocenters. The van der Waals surface area contributed by atoms with Gasteiger partial charge in [0.1, 0.15) is 5.75 Å². The molecule has 0 aliphatic heterocycles. The molecule has 9 heteroatoms. The van der Waals surface area contributed by atoms with E-state index in [0.29, 0.717) is 41.2 Å². The highest BCUT2D eigenvalue weighted by Gasteiger charge is 2.17. The number of nitrogens with zero attached hydrogens (tertiary/aromatic N) is 1. The molecule has 2 rings (SSSR count). The first-order valence-corrected chi connectivity index (χ1v) is 11.2. The SMILES string of the molecule is CCN(Cc1ccc(NS(C)(=O)=O)cc1-c1cc(CC(=O)O)ccc1OC)C(C)=O. The second-order valence-electron chi connectivity index (χ2n) is 6.88. The first kappa shape index (κ1) is 23.2. The van der Waals surface area contributed by atoms with E-state index in [9.17, 15) is 18.0 Å². The van der Waals surface area contributed by atoms with Crippen LogP contribution in [0, 0.1) is 0 Å². The number of carbonyl (C=O) groups is 2. The summed E-state index contributed by atoms with van der Waals surface area (Å²) in [5.41, 5.74) is 2.96. The number of anilines is 1. The van der Waals surface area contributed by atoms with Gasteiger partial charge in [-0.2, -0.15) is 0 Å². The molecule has 0 atom stereocenters. The van der Waals surface area contributed by atoms with Crippen molar-refractivity contribution >= 4 is 27.6 Å². The Balaban J connectivity index is 2.68. The molecule has 0 saturated heterocycles. The molecule has 0 saturated carbocycles. The lowest BCUT2D eigenvalue weighted by Crippen LogP contribution is -2.28. The molecule has 2 N–H and O–H groups in total. The number of carboxylic acids is 1. The van der Waals surface area contributed by atoms with Crippen LogP contribution in [0.25, 0.3) is 11.1 Å². The average molecular weight is 435 g/mol. The van der Waals surface area contributed by atoms with E-state index in [0.717, 1.165) is 11.8 Å². The lowest BCUT2D eigenvalue weighted by molar-refractivity contribution is -0.136. The van der Waals surface area contributed by atoms with Gasteiger partial charge < -0.3 is 14.7 Å². The third-order valence-corrected chi connectivity index (χ3v) is 5.12. The maximum atomic E-state index is 11.9. The molecule has 2 aromatic rings. The summed E-state index contributed by atoms with van der Waals surface area (Å²) in [5.74, 6) is -0.547. The maximum absolute atomic E-state index is 11.9. The van der Waals surface area contributed by atoms with Gasteiger partial charge in [0.2, 0.25) is 15.9 Å². The number of carbonyl (C=O) groups excluding carboxylic acids is 1. The van der Waals surface area contributed by atoms with E-state index in [1.165, 1.54) is 14.0 Å². The van der Waals surface area contributed by atoms with Crippen molar-refractivity contribution < 1.29 is 27.9 Å². The number of amides is 1. The van der Waals surface area contributed by atoms with Crippen LogP contribution >= 0.6 is 0 Å². The fraction of sp³-hybridized carbons (Fsp3) is 0.333. The van der Waals surface area contributed by atoms with Crippen molar-refractivity contribution in [2.75, 3.05) is 24.6 Å². The summed E-state index contributed by atoms with van der Waals surface area (Å²) >= 11 is 0. The zero-order valence-corrected chi connectivity index (χ0v) is 18.2. The Kier molecular flexibility index (Phi) is 7.44. The maximum Gasteiger partial charge on any atom is 0.307 e. The number of hydrogen-bond donors (Lipinski definition) is 2. The molecular formula is C21H26N2O6S. The van der Waals surface area contributed by atoms with Crippen LogP contribution in [0.4, 0.5) is 5.69 Å². The minimum absolute atomic E-state index is 0.0895. The van der Waals surface area contributed by atoms with Gasteiger partial charge in [0.05, 0.1) is 19.8 Å². The van der Waals surface area contributed by atoms with E-state index < -0.39 is 16.0 Å². The van der Waals surface area contributed by atoms with Gasteiger partial charge >= 0.3 is 5.97 Å². The molecule has 0 bridgehead atoms. The molecule has 0 fully saturated rings. The van der Waals surface area contributed by atoms with E-state index in [1.807, 2.05) is 6.92 Å². The van der Waals surface area contributed by atoms with E-state index in [1.54, 1.807) is 41.3 Å². The molecule has 1 amide bonds. The van der Waals surface area contributed by atoms with Crippen LogP contribution in [0.3, 0.4) is 0 Å². The summed E-state index contributed by atoms with van der Waals surface area (Å²) in [6.45, 7) is 4.17. The quantitative estimate of drug-likeness (QED) is 0.627. The van der Waals surface area contributed by atoms with E-state index in [4.69, 9.17) is 9.84 Å². The molecule has 2 aromatic carbocycles. The normalized spacial score (nSPS) is 11.1. The zero-order chi connectivity index (χ0) is 22.5. The van der Waals surface area contributed by atoms with Crippen molar-refractivity contribution in [3.63, 3.8) is 0 Å². The third kappa shape index (κ3) is 6.21. The standard InChI is InChI=1S/C21H26N2O6S/c1-5-23(14(2)24)13-16-7-8-17(22-30(4,27)28)12-18(16)19-10-15(11-21(25)26)6-9-20(19)29-3/h6-10,12,22H,5,11,13H2,1-4H3,(H,25,26). The van der Waals surface area contributed by atoms with Gasteiger partial charge in [0.15, 0.2) is 0 Å². The summed E-state index contributed by atoms with van der Waals surface area (Å²) < 4.78 is 31.3. The third-order valence-electron chi connectivity index (χ3n) is 4.51. The van der Waals surface area contributed by atoms with Crippen molar-refractivity contribution in [2.24, 2.45) is 0 Å². The first-order valence-electron chi connectivity index (χ1n) is 9.29. The largest absolute Gasteiger partial charge is 0.496 e. The summed E-state index contributed by atoms with van der Waals surface area (Å²) in [4.78, 5) is 24.7. The fourth-order valence-corrected chi connectivity index (χ4v) is 3.70. The lowest BCUT2D eigenvalue weighted by atomic mass is 9.95. The number of nitrogens with one attached hydrogen (secondary N) is 1. The number of rotatable bonds is 9. The predicted octanol–water partition coefficient (Wildman–Crippen LogP) is 2.73. The Morgan fingerprint density at radius 2 is 1.83 bits per heavy atom. The lowest BCUT2D eigenvalue weighted by Gasteiger charge is -2.22. The minimum atomic E-state index is -3.49. The number of aliphatic carboxylic acids is 1. The fourth-order valence-electron chi connectivity index (χ4n) is 3.14. The van der Waals surface area contributed by atoms with Gasteiger partial charge in [-0.3, -0.25) is 14.3 Å². The number of sulfonamides is 1. The van der Waals surface area contributed by atoms with Crippen LogP contribution in [0.15, 0.2) is 36.4 Å². The number of methoxy groups -OCH3 is 1. The monoisotopic (exact) mass is 434 g/mol. The Bertz CT molecular complexity index is 1050. The summed E-state index contributed by atoms with van der Waals surface area (Å²) in [7, 11) is -1.99. The van der Waals surface area contributed by atoms with Gasteiger partial charge in [0, 0.05) is 31.3 Å². The van der Waals surface area contributed by atoms with Crippen molar-refractivity contribution in [2.45, 2.75) is 26.8 Å². The van der Waals surface area contributed by atoms with E-state index >= 15 is 0 Å². The Labute approximate surface area is 176 Å². The van der Waals surface area contributed by atoms with Crippen molar-refractivity contribution in [3.05, 3.63) is 47.5 Å². The second kappa shape index (κ2) is 9.62. The second-order valence-corrected chi connectivity index (χ2v) is 8.63. The van der Waals surface area contributed by atoms with Crippen LogP contribution in [-0.2, 0) is 32.6 Å². The molecule has 0 aliphatic rings. The summed E-state index contributed by atoms with van der Waals surface area (Å²) in [5, 5.41) is 9.14. The molecule has 0 heterocycles. The smallest absolute Gasteiger partial charge is 0.307 e. The van der Waals surface area contributed by atoms with Crippen LogP contribution < -0.4 is 9.46 Å². The van der Waals surface area contributed by atoms with Gasteiger partial charge in [-0.05, 0) is 47.9 Å². The molecule has 8 nitrogen and oxygen atoms in total. The molecule has 162 valence electrons. The van der Waals surface area contributed by atoms with Crippen molar-refractivity contribution in [3.8, 4) is 16.9 Å². The predicted molar refractivity (Wildman–Crippen MR) is 115 cm³/mol. The number of hydrogen-bond acceptors (Lipinski definition) is 5. The summed E-state index contributed by atoms with van der Waals surface area (Å²) in [6, 6.07) is 10.1. The van der Waals surface area contributed by atoms with Gasteiger partial charge in [-0.25, -0.2) is 8.42 Å². The molecule has 0 radical (unpaired) electrons. The van der Waals surface area contributed by atoms with E-state index in [2.05, 4.69) is 4.72 Å².